The second-order valence-electron chi connectivity index (χ2n) is 13.8. The van der Waals surface area contributed by atoms with Crippen molar-refractivity contribution in [3.63, 3.8) is 0 Å². The number of carbonyl (C=O) groups excluding carboxylic acids is 4. The number of nitrogens with one attached hydrogen (secondary N) is 3. The van der Waals surface area contributed by atoms with E-state index in [9.17, 15) is 19.2 Å². The first-order valence-electron chi connectivity index (χ1n) is 18.2. The van der Waals surface area contributed by atoms with Crippen LogP contribution in [-0.2, 0) is 27.5 Å². The fourth-order valence-electron chi connectivity index (χ4n) is 7.05. The molecule has 1 saturated heterocycles. The van der Waals surface area contributed by atoms with Gasteiger partial charge in [-0.1, -0.05) is 45.7 Å². The zero-order valence-corrected chi connectivity index (χ0v) is 30.1. The number of hydrogen-bond donors (Lipinski definition) is 3. The number of amides is 4. The molecule has 0 unspecified atom stereocenters. The van der Waals surface area contributed by atoms with Gasteiger partial charge in [0.15, 0.2) is 0 Å². The van der Waals surface area contributed by atoms with Crippen LogP contribution in [0.3, 0.4) is 0 Å². The molecular formula is C38H51FN8O4. The van der Waals surface area contributed by atoms with Gasteiger partial charge >= 0.3 is 0 Å². The van der Waals surface area contributed by atoms with E-state index in [0.29, 0.717) is 56.4 Å². The maximum atomic E-state index is 15.8. The van der Waals surface area contributed by atoms with Crippen molar-refractivity contribution < 1.29 is 23.6 Å². The Hall–Kier alpha value is -4.65. The zero-order chi connectivity index (χ0) is 36.5. The first-order chi connectivity index (χ1) is 24.6. The van der Waals surface area contributed by atoms with Gasteiger partial charge < -0.3 is 20.9 Å². The fraction of sp³-hybridized carbons (Fsp3) is 0.526. The third-order valence-corrected chi connectivity index (χ3v) is 10.3. The van der Waals surface area contributed by atoms with Crippen LogP contribution in [-0.4, -0.2) is 86.5 Å². The van der Waals surface area contributed by atoms with Crippen molar-refractivity contribution in [3.8, 4) is 0 Å². The Balaban J connectivity index is 1.27. The van der Waals surface area contributed by atoms with Crippen LogP contribution in [0.2, 0.25) is 0 Å². The van der Waals surface area contributed by atoms with E-state index in [0.717, 1.165) is 31.4 Å². The van der Waals surface area contributed by atoms with Crippen molar-refractivity contribution in [2.45, 2.75) is 90.9 Å². The van der Waals surface area contributed by atoms with E-state index in [1.54, 1.807) is 48.0 Å². The molecule has 274 valence electrons. The molecule has 2 aliphatic rings. The van der Waals surface area contributed by atoms with Gasteiger partial charge in [0.05, 0.1) is 11.4 Å². The molecule has 1 saturated carbocycles. The van der Waals surface area contributed by atoms with Crippen LogP contribution in [0.15, 0.2) is 54.9 Å². The van der Waals surface area contributed by atoms with Crippen molar-refractivity contribution in [2.75, 3.05) is 31.5 Å². The second-order valence-corrected chi connectivity index (χ2v) is 13.8. The molecule has 2 aromatic heterocycles. The summed E-state index contributed by atoms with van der Waals surface area (Å²) in [6.07, 6.45) is 6.92. The van der Waals surface area contributed by atoms with Crippen molar-refractivity contribution in [3.05, 3.63) is 77.6 Å². The minimum absolute atomic E-state index is 0.0255. The summed E-state index contributed by atoms with van der Waals surface area (Å²) in [5, 5.41) is 12.7. The Morgan fingerprint density at radius 2 is 1.69 bits per heavy atom. The third kappa shape index (κ3) is 9.57. The van der Waals surface area contributed by atoms with Gasteiger partial charge in [-0.3, -0.25) is 33.7 Å². The molecule has 3 heterocycles. The normalized spacial score (nSPS) is 19.8. The van der Waals surface area contributed by atoms with Crippen LogP contribution in [0.1, 0.15) is 87.5 Å². The number of piperazine rings is 1. The first kappa shape index (κ1) is 37.6. The molecule has 0 bridgehead atoms. The predicted octanol–water partition coefficient (Wildman–Crippen LogP) is 4.34. The van der Waals surface area contributed by atoms with E-state index in [1.807, 2.05) is 25.1 Å². The van der Waals surface area contributed by atoms with Gasteiger partial charge in [0.2, 0.25) is 17.7 Å². The number of rotatable bonds is 13. The number of aryl methyl sites for hydroxylation is 1. The summed E-state index contributed by atoms with van der Waals surface area (Å²) < 4.78 is 17.3. The number of pyridine rings is 1. The van der Waals surface area contributed by atoms with E-state index in [2.05, 4.69) is 37.9 Å². The molecule has 4 amide bonds. The average Bonchev–Trinajstić information content (AvgIpc) is 3.63. The van der Waals surface area contributed by atoms with Crippen molar-refractivity contribution in [1.82, 2.24) is 35.2 Å². The lowest BCUT2D eigenvalue weighted by Crippen LogP contribution is -2.56. The molecule has 5 rings (SSSR count). The van der Waals surface area contributed by atoms with Crippen molar-refractivity contribution in [2.24, 2.45) is 11.8 Å². The lowest BCUT2D eigenvalue weighted by molar-refractivity contribution is -0.138. The summed E-state index contributed by atoms with van der Waals surface area (Å²) in [6, 6.07) is 10.1. The Kier molecular flexibility index (Phi) is 12.9. The Morgan fingerprint density at radius 3 is 2.33 bits per heavy atom. The number of hydrogen-bond acceptors (Lipinski definition) is 7. The first-order valence-corrected chi connectivity index (χ1v) is 18.2. The molecule has 12 nitrogen and oxygen atoms in total. The standard InChI is InChI=1S/C38H51FN8O4/c1-5-33(48)43-34(38(51)46-21-19-45(20-22-46)24-29-9-7-8-17-40-29)26(4)28-14-15-31(30(39)23-28)42-37(50)35(27-12-10-25(3)11-13-27)44-36(49)32-16-18-41-47(32)6-2/h7-9,14-18,23,25-27,34-35H,5-6,10-13,19-22,24H2,1-4H3,(H,42,50)(H,43,48)(H,44,49)/t25-,26-,27-,34+,35-/m0/s1. The summed E-state index contributed by atoms with van der Waals surface area (Å²) in [4.78, 5) is 61.9. The van der Waals surface area contributed by atoms with Crippen molar-refractivity contribution in [1.29, 1.82) is 0 Å². The van der Waals surface area contributed by atoms with Gasteiger partial charge in [0, 0.05) is 64.0 Å². The van der Waals surface area contributed by atoms with Crippen molar-refractivity contribution >= 4 is 29.3 Å². The highest BCUT2D eigenvalue weighted by atomic mass is 19.1. The van der Waals surface area contributed by atoms with E-state index in [4.69, 9.17) is 0 Å². The predicted molar refractivity (Wildman–Crippen MR) is 192 cm³/mol. The lowest BCUT2D eigenvalue weighted by Gasteiger charge is -2.37. The van der Waals surface area contributed by atoms with Crippen LogP contribution < -0.4 is 16.0 Å². The van der Waals surface area contributed by atoms with Crippen LogP contribution >= 0.6 is 0 Å². The summed E-state index contributed by atoms with van der Waals surface area (Å²) in [5.74, 6) is -2.18. The second kappa shape index (κ2) is 17.5. The number of nitrogens with zero attached hydrogens (tertiary/aromatic N) is 5. The molecule has 13 heteroatoms. The monoisotopic (exact) mass is 702 g/mol. The molecule has 51 heavy (non-hydrogen) atoms. The molecule has 0 radical (unpaired) electrons. The van der Waals surface area contributed by atoms with Crippen LogP contribution in [0.5, 0.6) is 0 Å². The topological polar surface area (TPSA) is 142 Å². The number of aromatic nitrogens is 3. The molecule has 0 spiro atoms. The summed E-state index contributed by atoms with van der Waals surface area (Å²) in [7, 11) is 0. The van der Waals surface area contributed by atoms with Gasteiger partial charge in [0.25, 0.3) is 5.91 Å². The smallest absolute Gasteiger partial charge is 0.270 e. The Labute approximate surface area is 299 Å². The van der Waals surface area contributed by atoms with Crippen LogP contribution in [0.4, 0.5) is 10.1 Å². The molecular weight excluding hydrogens is 651 g/mol. The van der Waals surface area contributed by atoms with Gasteiger partial charge in [0.1, 0.15) is 23.6 Å². The summed E-state index contributed by atoms with van der Waals surface area (Å²) in [5.41, 5.74) is 1.80. The lowest BCUT2D eigenvalue weighted by atomic mass is 9.79. The highest BCUT2D eigenvalue weighted by Gasteiger charge is 2.35. The molecule has 3 N–H and O–H groups in total. The summed E-state index contributed by atoms with van der Waals surface area (Å²) in [6.45, 7) is 11.1. The fourth-order valence-corrected chi connectivity index (χ4v) is 7.05. The number of benzene rings is 1. The molecule has 1 aliphatic heterocycles. The quantitative estimate of drug-likeness (QED) is 0.241. The molecule has 1 aromatic carbocycles. The minimum Gasteiger partial charge on any atom is -0.344 e. The molecule has 2 fully saturated rings. The van der Waals surface area contributed by atoms with Crippen LogP contribution in [0.25, 0.3) is 0 Å². The molecule has 3 atom stereocenters. The van der Waals surface area contributed by atoms with Crippen LogP contribution in [0, 0.1) is 17.7 Å². The van der Waals surface area contributed by atoms with Gasteiger partial charge in [-0.25, -0.2) is 4.39 Å². The molecule has 1 aliphatic carbocycles. The van der Waals surface area contributed by atoms with E-state index >= 15 is 4.39 Å². The number of halogens is 1. The minimum atomic E-state index is -0.899. The largest absolute Gasteiger partial charge is 0.344 e. The number of carbonyl (C=O) groups is 4. The maximum Gasteiger partial charge on any atom is 0.270 e. The van der Waals surface area contributed by atoms with Gasteiger partial charge in [-0.2, -0.15) is 5.10 Å². The summed E-state index contributed by atoms with van der Waals surface area (Å²) >= 11 is 0. The third-order valence-electron chi connectivity index (χ3n) is 10.3. The van der Waals surface area contributed by atoms with Gasteiger partial charge in [-0.05, 0) is 67.5 Å². The Morgan fingerprint density at radius 1 is 0.941 bits per heavy atom. The average molecular weight is 703 g/mol. The Bertz CT molecular complexity index is 1650. The zero-order valence-electron chi connectivity index (χ0n) is 30.1. The van der Waals surface area contributed by atoms with E-state index < -0.39 is 35.6 Å². The van der Waals surface area contributed by atoms with Gasteiger partial charge in [-0.15, -0.1) is 0 Å². The molecule has 3 aromatic rings. The SMILES string of the molecule is CCC(=O)N[C@@H](C(=O)N1CCN(Cc2ccccn2)CC1)[C@@H](C)c1ccc(NC(=O)[C@@H](NC(=O)c2ccnn2CC)[C@H]2CC[C@H](C)CC2)c(F)c1. The highest BCUT2D eigenvalue weighted by Crippen LogP contribution is 2.32. The highest BCUT2D eigenvalue weighted by molar-refractivity contribution is 6.00. The van der Waals surface area contributed by atoms with E-state index in [1.165, 1.54) is 12.1 Å². The number of anilines is 1. The van der Waals surface area contributed by atoms with E-state index in [-0.39, 0.29) is 29.8 Å². The maximum absolute atomic E-state index is 15.8.